The van der Waals surface area contributed by atoms with E-state index in [4.69, 9.17) is 4.74 Å². The Morgan fingerprint density at radius 2 is 1.76 bits per heavy atom. The summed E-state index contributed by atoms with van der Waals surface area (Å²) in [5.41, 5.74) is 0.768. The van der Waals surface area contributed by atoms with E-state index in [-0.39, 0.29) is 12.5 Å². The van der Waals surface area contributed by atoms with Crippen LogP contribution in [0.3, 0.4) is 0 Å². The van der Waals surface area contributed by atoms with Crippen molar-refractivity contribution in [1.29, 1.82) is 0 Å². The largest absolute Gasteiger partial charge is 0.492 e. The van der Waals surface area contributed by atoms with E-state index in [9.17, 15) is 4.79 Å². The van der Waals surface area contributed by atoms with E-state index in [2.05, 4.69) is 26.6 Å². The zero-order chi connectivity index (χ0) is 14.9. The molecule has 0 bridgehead atoms. The maximum Gasteiger partial charge on any atom is 0.238 e. The van der Waals surface area contributed by atoms with Gasteiger partial charge in [-0.3, -0.25) is 4.79 Å². The van der Waals surface area contributed by atoms with Crippen LogP contribution >= 0.6 is 15.9 Å². The number of hydrogen-bond donors (Lipinski definition) is 2. The Balaban J connectivity index is 1.63. The first-order valence-corrected chi connectivity index (χ1v) is 7.48. The predicted octanol–water partition coefficient (Wildman–Crippen LogP) is 3.06. The molecule has 0 saturated carbocycles. The van der Waals surface area contributed by atoms with E-state index in [1.165, 1.54) is 0 Å². The number of nitrogens with one attached hydrogen (secondary N) is 2. The number of para-hydroxylation sites is 2. The lowest BCUT2D eigenvalue weighted by Gasteiger charge is -2.09. The SMILES string of the molecule is O=C(CNCCOc1ccccc1)Nc1ccccc1Br. The summed E-state index contributed by atoms with van der Waals surface area (Å²) in [6, 6.07) is 17.1. The van der Waals surface area contributed by atoms with Crippen LogP contribution in [0.2, 0.25) is 0 Å². The van der Waals surface area contributed by atoms with Gasteiger partial charge in [0.25, 0.3) is 0 Å². The molecular formula is C16H17BrN2O2. The molecule has 2 aromatic rings. The van der Waals surface area contributed by atoms with Gasteiger partial charge in [0, 0.05) is 11.0 Å². The van der Waals surface area contributed by atoms with Crippen molar-refractivity contribution in [3.63, 3.8) is 0 Å². The Bertz CT molecular complexity index is 575. The number of halogens is 1. The average Bonchev–Trinajstić information content (AvgIpc) is 2.50. The highest BCUT2D eigenvalue weighted by Gasteiger charge is 2.04. The Labute approximate surface area is 132 Å². The smallest absolute Gasteiger partial charge is 0.238 e. The molecule has 2 aromatic carbocycles. The summed E-state index contributed by atoms with van der Waals surface area (Å²) in [5.74, 6) is 0.749. The molecule has 0 aliphatic carbocycles. The molecule has 0 radical (unpaired) electrons. The molecule has 0 aromatic heterocycles. The number of carbonyl (C=O) groups is 1. The molecule has 110 valence electrons. The number of amides is 1. The molecule has 1 amide bonds. The maximum absolute atomic E-state index is 11.8. The highest BCUT2D eigenvalue weighted by Crippen LogP contribution is 2.20. The van der Waals surface area contributed by atoms with Crippen LogP contribution in [0.4, 0.5) is 5.69 Å². The quantitative estimate of drug-likeness (QED) is 0.756. The zero-order valence-electron chi connectivity index (χ0n) is 11.5. The lowest BCUT2D eigenvalue weighted by atomic mass is 10.3. The van der Waals surface area contributed by atoms with Gasteiger partial charge in [-0.2, -0.15) is 0 Å². The Kier molecular flexibility index (Phi) is 6.24. The maximum atomic E-state index is 11.8. The highest BCUT2D eigenvalue weighted by atomic mass is 79.9. The first-order valence-electron chi connectivity index (χ1n) is 6.68. The van der Waals surface area contributed by atoms with Crippen molar-refractivity contribution in [2.45, 2.75) is 0 Å². The highest BCUT2D eigenvalue weighted by molar-refractivity contribution is 9.10. The second kappa shape index (κ2) is 8.44. The van der Waals surface area contributed by atoms with Crippen molar-refractivity contribution in [2.24, 2.45) is 0 Å². The monoisotopic (exact) mass is 348 g/mol. The van der Waals surface area contributed by atoms with E-state index in [0.717, 1.165) is 15.9 Å². The van der Waals surface area contributed by atoms with Crippen LogP contribution in [0.5, 0.6) is 5.75 Å². The van der Waals surface area contributed by atoms with E-state index < -0.39 is 0 Å². The number of anilines is 1. The molecule has 0 atom stereocenters. The number of benzene rings is 2. The van der Waals surface area contributed by atoms with Gasteiger partial charge in [0.2, 0.25) is 5.91 Å². The van der Waals surface area contributed by atoms with Crippen molar-refractivity contribution in [2.75, 3.05) is 25.0 Å². The molecule has 0 spiro atoms. The third-order valence-electron chi connectivity index (χ3n) is 2.72. The van der Waals surface area contributed by atoms with Crippen molar-refractivity contribution in [3.05, 3.63) is 59.1 Å². The van der Waals surface area contributed by atoms with Gasteiger partial charge < -0.3 is 15.4 Å². The van der Waals surface area contributed by atoms with Crippen molar-refractivity contribution >= 4 is 27.5 Å². The van der Waals surface area contributed by atoms with Crippen LogP contribution in [-0.4, -0.2) is 25.6 Å². The fourth-order valence-corrected chi connectivity index (χ4v) is 2.10. The van der Waals surface area contributed by atoms with Crippen molar-refractivity contribution < 1.29 is 9.53 Å². The molecule has 0 aliphatic rings. The van der Waals surface area contributed by atoms with Gasteiger partial charge in [0.1, 0.15) is 12.4 Å². The summed E-state index contributed by atoms with van der Waals surface area (Å²) in [7, 11) is 0. The minimum Gasteiger partial charge on any atom is -0.492 e. The van der Waals surface area contributed by atoms with Crippen LogP contribution < -0.4 is 15.4 Å². The topological polar surface area (TPSA) is 50.4 Å². The Morgan fingerprint density at radius 1 is 1.05 bits per heavy atom. The second-order valence-corrected chi connectivity index (χ2v) is 5.22. The molecule has 0 aliphatic heterocycles. The van der Waals surface area contributed by atoms with Gasteiger partial charge in [-0.05, 0) is 40.2 Å². The summed E-state index contributed by atoms with van der Waals surface area (Å²) < 4.78 is 6.39. The van der Waals surface area contributed by atoms with Crippen molar-refractivity contribution in [1.82, 2.24) is 5.32 Å². The minimum atomic E-state index is -0.0818. The van der Waals surface area contributed by atoms with Gasteiger partial charge in [0.15, 0.2) is 0 Å². The molecule has 4 nitrogen and oxygen atoms in total. The van der Waals surface area contributed by atoms with Gasteiger partial charge >= 0.3 is 0 Å². The lowest BCUT2D eigenvalue weighted by molar-refractivity contribution is -0.115. The summed E-state index contributed by atoms with van der Waals surface area (Å²) in [4.78, 5) is 11.8. The van der Waals surface area contributed by atoms with Gasteiger partial charge in [-0.25, -0.2) is 0 Å². The second-order valence-electron chi connectivity index (χ2n) is 4.37. The van der Waals surface area contributed by atoms with E-state index in [1.54, 1.807) is 0 Å². The van der Waals surface area contributed by atoms with E-state index >= 15 is 0 Å². The summed E-state index contributed by atoms with van der Waals surface area (Å²) in [6.07, 6.45) is 0. The summed E-state index contributed by atoms with van der Waals surface area (Å²) in [5, 5.41) is 5.87. The minimum absolute atomic E-state index is 0.0818. The lowest BCUT2D eigenvalue weighted by Crippen LogP contribution is -2.31. The third kappa shape index (κ3) is 5.57. The average molecular weight is 349 g/mol. The predicted molar refractivity (Wildman–Crippen MR) is 87.6 cm³/mol. The first-order chi connectivity index (χ1) is 10.3. The summed E-state index contributed by atoms with van der Waals surface area (Å²) >= 11 is 3.39. The van der Waals surface area contributed by atoms with Crippen molar-refractivity contribution in [3.8, 4) is 5.75 Å². The van der Waals surface area contributed by atoms with E-state index in [0.29, 0.717) is 13.2 Å². The first kappa shape index (κ1) is 15.5. The van der Waals surface area contributed by atoms with Crippen LogP contribution in [0, 0.1) is 0 Å². The molecule has 0 fully saturated rings. The van der Waals surface area contributed by atoms with Gasteiger partial charge in [-0.1, -0.05) is 30.3 Å². The standard InChI is InChI=1S/C16H17BrN2O2/c17-14-8-4-5-9-15(14)19-16(20)12-18-10-11-21-13-6-2-1-3-7-13/h1-9,18H,10-12H2,(H,19,20). The molecule has 0 heterocycles. The molecule has 0 saturated heterocycles. The van der Waals surface area contributed by atoms with Crippen LogP contribution in [-0.2, 0) is 4.79 Å². The number of hydrogen-bond acceptors (Lipinski definition) is 3. The fourth-order valence-electron chi connectivity index (χ4n) is 1.72. The molecule has 5 heteroatoms. The molecule has 21 heavy (non-hydrogen) atoms. The van der Waals surface area contributed by atoms with Gasteiger partial charge in [-0.15, -0.1) is 0 Å². The number of carbonyl (C=O) groups excluding carboxylic acids is 1. The third-order valence-corrected chi connectivity index (χ3v) is 3.42. The molecule has 2 rings (SSSR count). The van der Waals surface area contributed by atoms with Gasteiger partial charge in [0.05, 0.1) is 12.2 Å². The normalized spacial score (nSPS) is 10.1. The molecule has 0 unspecified atom stereocenters. The van der Waals surface area contributed by atoms with Crippen LogP contribution in [0.15, 0.2) is 59.1 Å². The Morgan fingerprint density at radius 3 is 2.52 bits per heavy atom. The zero-order valence-corrected chi connectivity index (χ0v) is 13.1. The summed E-state index contributed by atoms with van der Waals surface area (Å²) in [6.45, 7) is 1.38. The van der Waals surface area contributed by atoms with Crippen LogP contribution in [0.25, 0.3) is 0 Å². The Hall–Kier alpha value is -1.85. The number of rotatable bonds is 7. The van der Waals surface area contributed by atoms with E-state index in [1.807, 2.05) is 54.6 Å². The van der Waals surface area contributed by atoms with Crippen LogP contribution in [0.1, 0.15) is 0 Å². The molecule has 2 N–H and O–H groups in total. The molecular weight excluding hydrogens is 332 g/mol. The fraction of sp³-hybridized carbons (Fsp3) is 0.188. The number of ether oxygens (including phenoxy) is 1.